The maximum atomic E-state index is 13.2. The SMILES string of the molecule is CC/C=C/C1CCC2C(CCC3CC(c4ccc(F)cc4)CCC32)C1. The molecular weight excluding hydrogens is 307 g/mol. The molecule has 0 aliphatic heterocycles. The number of hydrogen-bond acceptors (Lipinski definition) is 0. The molecule has 136 valence electrons. The van der Waals surface area contributed by atoms with Gasteiger partial charge in [-0.3, -0.25) is 0 Å². The maximum Gasteiger partial charge on any atom is 0.123 e. The lowest BCUT2D eigenvalue weighted by Gasteiger charge is -2.50. The van der Waals surface area contributed by atoms with E-state index in [0.29, 0.717) is 5.92 Å². The minimum absolute atomic E-state index is 0.105. The third kappa shape index (κ3) is 3.71. The van der Waals surface area contributed by atoms with Crippen molar-refractivity contribution in [3.63, 3.8) is 0 Å². The first-order chi connectivity index (χ1) is 12.2. The van der Waals surface area contributed by atoms with Gasteiger partial charge in [0.1, 0.15) is 5.82 Å². The van der Waals surface area contributed by atoms with Crippen LogP contribution >= 0.6 is 0 Å². The van der Waals surface area contributed by atoms with E-state index in [1.54, 1.807) is 12.1 Å². The summed E-state index contributed by atoms with van der Waals surface area (Å²) in [5.74, 6) is 5.31. The van der Waals surface area contributed by atoms with Gasteiger partial charge in [-0.05, 0) is 111 Å². The first kappa shape index (κ1) is 17.3. The predicted octanol–water partition coefficient (Wildman–Crippen LogP) is 7.12. The van der Waals surface area contributed by atoms with Crippen LogP contribution in [-0.4, -0.2) is 0 Å². The van der Waals surface area contributed by atoms with Gasteiger partial charge in [-0.1, -0.05) is 31.2 Å². The van der Waals surface area contributed by atoms with Crippen molar-refractivity contribution >= 4 is 0 Å². The molecule has 0 saturated heterocycles. The summed E-state index contributed by atoms with van der Waals surface area (Å²) in [6, 6.07) is 7.33. The van der Waals surface area contributed by atoms with E-state index >= 15 is 0 Å². The normalized spacial score (nSPS) is 38.3. The first-order valence-corrected chi connectivity index (χ1v) is 10.7. The van der Waals surface area contributed by atoms with Gasteiger partial charge < -0.3 is 0 Å². The van der Waals surface area contributed by atoms with E-state index in [0.717, 1.165) is 29.6 Å². The van der Waals surface area contributed by atoms with Crippen molar-refractivity contribution in [2.75, 3.05) is 0 Å². The minimum Gasteiger partial charge on any atom is -0.207 e. The fourth-order valence-electron chi connectivity index (χ4n) is 6.37. The zero-order valence-electron chi connectivity index (χ0n) is 15.7. The van der Waals surface area contributed by atoms with Gasteiger partial charge in [0.2, 0.25) is 0 Å². The van der Waals surface area contributed by atoms with Gasteiger partial charge in [-0.2, -0.15) is 0 Å². The smallest absolute Gasteiger partial charge is 0.123 e. The van der Waals surface area contributed by atoms with Crippen LogP contribution in [0.15, 0.2) is 36.4 Å². The molecule has 0 bridgehead atoms. The molecule has 0 radical (unpaired) electrons. The van der Waals surface area contributed by atoms with E-state index in [9.17, 15) is 4.39 Å². The molecule has 0 N–H and O–H groups in total. The summed E-state index contributed by atoms with van der Waals surface area (Å²) in [6.45, 7) is 2.24. The summed E-state index contributed by atoms with van der Waals surface area (Å²) in [6.07, 6.45) is 17.4. The highest BCUT2D eigenvalue weighted by atomic mass is 19.1. The van der Waals surface area contributed by atoms with Gasteiger partial charge in [-0.25, -0.2) is 4.39 Å². The Morgan fingerprint density at radius 3 is 2.28 bits per heavy atom. The van der Waals surface area contributed by atoms with Crippen molar-refractivity contribution in [1.82, 2.24) is 0 Å². The molecule has 1 aromatic carbocycles. The van der Waals surface area contributed by atoms with E-state index in [-0.39, 0.29) is 5.82 Å². The summed E-state index contributed by atoms with van der Waals surface area (Å²) in [4.78, 5) is 0. The van der Waals surface area contributed by atoms with Gasteiger partial charge >= 0.3 is 0 Å². The zero-order chi connectivity index (χ0) is 17.2. The molecule has 25 heavy (non-hydrogen) atoms. The van der Waals surface area contributed by atoms with Crippen LogP contribution in [0.1, 0.15) is 76.2 Å². The maximum absolute atomic E-state index is 13.2. The van der Waals surface area contributed by atoms with Crippen molar-refractivity contribution in [3.8, 4) is 0 Å². The number of rotatable bonds is 3. The van der Waals surface area contributed by atoms with Gasteiger partial charge in [0, 0.05) is 0 Å². The quantitative estimate of drug-likeness (QED) is 0.514. The molecule has 6 atom stereocenters. The molecule has 3 saturated carbocycles. The number of fused-ring (bicyclic) bond motifs is 3. The topological polar surface area (TPSA) is 0 Å². The Kier molecular flexibility index (Phi) is 5.29. The predicted molar refractivity (Wildman–Crippen MR) is 103 cm³/mol. The van der Waals surface area contributed by atoms with E-state index < -0.39 is 0 Å². The molecular formula is C24H33F. The molecule has 6 unspecified atom stereocenters. The van der Waals surface area contributed by atoms with Crippen LogP contribution in [-0.2, 0) is 0 Å². The molecule has 1 aromatic rings. The molecule has 0 aromatic heterocycles. The number of allylic oxidation sites excluding steroid dienone is 2. The van der Waals surface area contributed by atoms with Crippen molar-refractivity contribution in [1.29, 1.82) is 0 Å². The highest BCUT2D eigenvalue weighted by Crippen LogP contribution is 2.54. The van der Waals surface area contributed by atoms with Crippen molar-refractivity contribution in [3.05, 3.63) is 47.8 Å². The summed E-state index contributed by atoms with van der Waals surface area (Å²) < 4.78 is 13.2. The number of benzene rings is 1. The summed E-state index contributed by atoms with van der Waals surface area (Å²) >= 11 is 0. The van der Waals surface area contributed by atoms with Crippen LogP contribution in [0.3, 0.4) is 0 Å². The van der Waals surface area contributed by atoms with Gasteiger partial charge in [0.25, 0.3) is 0 Å². The molecule has 3 aliphatic rings. The van der Waals surface area contributed by atoms with E-state index in [1.165, 1.54) is 63.4 Å². The Labute approximate surface area is 152 Å². The van der Waals surface area contributed by atoms with E-state index in [2.05, 4.69) is 19.1 Å². The summed E-state index contributed by atoms with van der Waals surface area (Å²) in [5.41, 5.74) is 1.37. The Balaban J connectivity index is 1.39. The molecule has 4 rings (SSSR count). The average molecular weight is 341 g/mol. The van der Waals surface area contributed by atoms with Crippen LogP contribution in [0.25, 0.3) is 0 Å². The van der Waals surface area contributed by atoms with Crippen LogP contribution in [0.4, 0.5) is 4.39 Å². The third-order valence-electron chi connectivity index (χ3n) is 7.57. The lowest BCUT2D eigenvalue weighted by molar-refractivity contribution is 0.0127. The fourth-order valence-corrected chi connectivity index (χ4v) is 6.37. The van der Waals surface area contributed by atoms with Crippen LogP contribution < -0.4 is 0 Å². The molecule has 3 fully saturated rings. The Morgan fingerprint density at radius 2 is 1.56 bits per heavy atom. The monoisotopic (exact) mass is 340 g/mol. The highest BCUT2D eigenvalue weighted by molar-refractivity contribution is 5.21. The third-order valence-corrected chi connectivity index (χ3v) is 7.57. The van der Waals surface area contributed by atoms with Gasteiger partial charge in [0.05, 0.1) is 0 Å². The molecule has 0 amide bonds. The molecule has 3 aliphatic carbocycles. The Hall–Kier alpha value is -1.11. The van der Waals surface area contributed by atoms with Gasteiger partial charge in [-0.15, -0.1) is 0 Å². The highest BCUT2D eigenvalue weighted by Gasteiger charge is 2.44. The van der Waals surface area contributed by atoms with E-state index in [4.69, 9.17) is 0 Å². The Morgan fingerprint density at radius 1 is 0.880 bits per heavy atom. The largest absolute Gasteiger partial charge is 0.207 e. The number of halogens is 1. The molecule has 0 heterocycles. The van der Waals surface area contributed by atoms with Crippen molar-refractivity contribution < 1.29 is 4.39 Å². The van der Waals surface area contributed by atoms with Crippen molar-refractivity contribution in [2.24, 2.45) is 29.6 Å². The van der Waals surface area contributed by atoms with Gasteiger partial charge in [0.15, 0.2) is 0 Å². The molecule has 1 heteroatoms. The lowest BCUT2D eigenvalue weighted by atomic mass is 9.55. The second kappa shape index (κ2) is 7.64. The van der Waals surface area contributed by atoms with Crippen LogP contribution in [0.5, 0.6) is 0 Å². The number of hydrogen-bond donors (Lipinski definition) is 0. The Bertz CT molecular complexity index is 587. The standard InChI is InChI=1S/C24H33F/c1-2-3-4-17-5-13-23-20(15-17)6-7-21-16-19(10-14-24(21)23)18-8-11-22(25)12-9-18/h3-4,8-9,11-12,17,19-21,23-24H,2,5-7,10,13-16H2,1H3/b4-3+. The van der Waals surface area contributed by atoms with Crippen LogP contribution in [0.2, 0.25) is 0 Å². The second-order valence-corrected chi connectivity index (χ2v) is 8.90. The summed E-state index contributed by atoms with van der Waals surface area (Å²) in [5, 5.41) is 0. The fraction of sp³-hybridized carbons (Fsp3) is 0.667. The molecule has 0 nitrogen and oxygen atoms in total. The first-order valence-electron chi connectivity index (χ1n) is 10.7. The van der Waals surface area contributed by atoms with Crippen LogP contribution in [0, 0.1) is 35.4 Å². The second-order valence-electron chi connectivity index (χ2n) is 8.90. The van der Waals surface area contributed by atoms with E-state index in [1.807, 2.05) is 12.1 Å². The minimum atomic E-state index is -0.105. The van der Waals surface area contributed by atoms with Crippen molar-refractivity contribution in [2.45, 2.75) is 70.6 Å². The molecule has 0 spiro atoms. The lowest BCUT2D eigenvalue weighted by Crippen LogP contribution is -2.41. The zero-order valence-corrected chi connectivity index (χ0v) is 15.7. The average Bonchev–Trinajstić information content (AvgIpc) is 2.66. The summed E-state index contributed by atoms with van der Waals surface area (Å²) in [7, 11) is 0.